The molecule has 148 valence electrons. The standard InChI is InChI=1S/C20H22N2O6/c1-2-3-10-27-15-8-6-14(7-9-15)19(25)22-17(12-16-5-4-11-28-16)20(26)21-13-18(23)24/h4-9,11-12H,2-3,10,13H2,1H3,(H,21,26)(H,22,25)(H,23,24)/b17-12+. The van der Waals surface area contributed by atoms with Crippen LogP contribution in [-0.4, -0.2) is 36.0 Å². The highest BCUT2D eigenvalue weighted by atomic mass is 16.5. The molecule has 2 aromatic rings. The molecule has 28 heavy (non-hydrogen) atoms. The van der Waals surface area contributed by atoms with E-state index in [-0.39, 0.29) is 5.70 Å². The molecule has 0 saturated heterocycles. The third-order valence-electron chi connectivity index (χ3n) is 3.61. The molecule has 8 nitrogen and oxygen atoms in total. The maximum Gasteiger partial charge on any atom is 0.322 e. The molecule has 0 radical (unpaired) electrons. The Morgan fingerprint density at radius 1 is 1.18 bits per heavy atom. The number of furan rings is 1. The number of carbonyl (C=O) groups excluding carboxylic acids is 2. The van der Waals surface area contributed by atoms with Crippen LogP contribution in [0.5, 0.6) is 5.75 Å². The Hall–Kier alpha value is -3.55. The van der Waals surface area contributed by atoms with Crippen LogP contribution >= 0.6 is 0 Å². The summed E-state index contributed by atoms with van der Waals surface area (Å²) in [6.45, 7) is 2.09. The Morgan fingerprint density at radius 3 is 2.54 bits per heavy atom. The lowest BCUT2D eigenvalue weighted by molar-refractivity contribution is -0.137. The van der Waals surface area contributed by atoms with Gasteiger partial charge in [-0.15, -0.1) is 0 Å². The van der Waals surface area contributed by atoms with Gasteiger partial charge in [-0.25, -0.2) is 0 Å². The quantitative estimate of drug-likeness (QED) is 0.426. The molecule has 0 unspecified atom stereocenters. The summed E-state index contributed by atoms with van der Waals surface area (Å²) in [5.74, 6) is -1.48. The van der Waals surface area contributed by atoms with Gasteiger partial charge in [-0.1, -0.05) is 13.3 Å². The number of carboxylic acid groups (broad SMARTS) is 1. The second kappa shape index (κ2) is 10.6. The van der Waals surface area contributed by atoms with E-state index in [1.807, 2.05) is 0 Å². The molecule has 0 aliphatic heterocycles. The summed E-state index contributed by atoms with van der Waals surface area (Å²) in [7, 11) is 0. The van der Waals surface area contributed by atoms with Gasteiger partial charge < -0.3 is 24.9 Å². The Kier molecular flexibility index (Phi) is 7.83. The van der Waals surface area contributed by atoms with E-state index in [1.54, 1.807) is 36.4 Å². The highest BCUT2D eigenvalue weighted by molar-refractivity contribution is 6.05. The van der Waals surface area contributed by atoms with Crippen molar-refractivity contribution in [2.75, 3.05) is 13.2 Å². The SMILES string of the molecule is CCCCOc1ccc(C(=O)N/C(=C/c2ccco2)C(=O)NCC(=O)O)cc1. The van der Waals surface area contributed by atoms with Crippen molar-refractivity contribution in [1.29, 1.82) is 0 Å². The average molecular weight is 386 g/mol. The van der Waals surface area contributed by atoms with E-state index in [0.29, 0.717) is 23.7 Å². The zero-order valence-corrected chi connectivity index (χ0v) is 15.4. The van der Waals surface area contributed by atoms with Crippen LogP contribution in [-0.2, 0) is 9.59 Å². The normalized spacial score (nSPS) is 11.0. The van der Waals surface area contributed by atoms with Crippen molar-refractivity contribution >= 4 is 23.9 Å². The van der Waals surface area contributed by atoms with Crippen molar-refractivity contribution in [3.63, 3.8) is 0 Å². The van der Waals surface area contributed by atoms with Crippen molar-refractivity contribution in [1.82, 2.24) is 10.6 Å². The fourth-order valence-corrected chi connectivity index (χ4v) is 2.16. The first-order chi connectivity index (χ1) is 13.5. The number of carbonyl (C=O) groups is 3. The number of nitrogens with one attached hydrogen (secondary N) is 2. The molecule has 1 aromatic carbocycles. The van der Waals surface area contributed by atoms with Crippen molar-refractivity contribution in [3.8, 4) is 5.75 Å². The molecule has 2 rings (SSSR count). The zero-order valence-electron chi connectivity index (χ0n) is 15.4. The van der Waals surface area contributed by atoms with Crippen LogP contribution in [0.3, 0.4) is 0 Å². The Labute approximate surface area is 162 Å². The van der Waals surface area contributed by atoms with Crippen LogP contribution in [0.15, 0.2) is 52.8 Å². The minimum absolute atomic E-state index is 0.135. The molecule has 1 heterocycles. The topological polar surface area (TPSA) is 118 Å². The van der Waals surface area contributed by atoms with E-state index >= 15 is 0 Å². The van der Waals surface area contributed by atoms with Gasteiger partial charge in [0.15, 0.2) is 0 Å². The minimum atomic E-state index is -1.20. The summed E-state index contributed by atoms with van der Waals surface area (Å²) < 4.78 is 10.7. The smallest absolute Gasteiger partial charge is 0.322 e. The molecule has 0 saturated carbocycles. The van der Waals surface area contributed by atoms with Gasteiger partial charge in [0.05, 0.1) is 12.9 Å². The van der Waals surface area contributed by atoms with Crippen molar-refractivity contribution in [2.45, 2.75) is 19.8 Å². The largest absolute Gasteiger partial charge is 0.494 e. The number of unbranched alkanes of at least 4 members (excludes halogenated alkanes) is 1. The molecule has 0 aliphatic rings. The van der Waals surface area contributed by atoms with Gasteiger partial charge in [0.25, 0.3) is 11.8 Å². The summed E-state index contributed by atoms with van der Waals surface area (Å²) in [5, 5.41) is 13.4. The fraction of sp³-hybridized carbons (Fsp3) is 0.250. The number of carboxylic acids is 1. The van der Waals surface area contributed by atoms with E-state index in [1.165, 1.54) is 12.3 Å². The lowest BCUT2D eigenvalue weighted by Gasteiger charge is -2.10. The molecule has 0 aliphatic carbocycles. The molecule has 1 aromatic heterocycles. The lowest BCUT2D eigenvalue weighted by atomic mass is 10.2. The predicted octanol–water partition coefficient (Wildman–Crippen LogP) is 2.43. The van der Waals surface area contributed by atoms with Gasteiger partial charge in [0.1, 0.15) is 23.8 Å². The van der Waals surface area contributed by atoms with Gasteiger partial charge in [-0.3, -0.25) is 14.4 Å². The maximum atomic E-state index is 12.5. The van der Waals surface area contributed by atoms with Crippen molar-refractivity contribution in [3.05, 3.63) is 59.7 Å². The number of rotatable bonds is 10. The first kappa shape index (κ1) is 20.8. The number of hydrogen-bond acceptors (Lipinski definition) is 5. The Bertz CT molecular complexity index is 825. The average Bonchev–Trinajstić information content (AvgIpc) is 3.19. The molecule has 0 fully saturated rings. The van der Waals surface area contributed by atoms with Gasteiger partial charge in [0.2, 0.25) is 0 Å². The second-order valence-corrected chi connectivity index (χ2v) is 5.83. The number of benzene rings is 1. The van der Waals surface area contributed by atoms with E-state index in [9.17, 15) is 14.4 Å². The number of aliphatic carboxylic acids is 1. The van der Waals surface area contributed by atoms with Crippen LogP contribution in [0.4, 0.5) is 0 Å². The zero-order chi connectivity index (χ0) is 20.4. The van der Waals surface area contributed by atoms with Crippen LogP contribution in [0, 0.1) is 0 Å². The third-order valence-corrected chi connectivity index (χ3v) is 3.61. The Morgan fingerprint density at radius 2 is 1.93 bits per heavy atom. The van der Waals surface area contributed by atoms with Gasteiger partial charge in [-0.2, -0.15) is 0 Å². The molecule has 0 spiro atoms. The van der Waals surface area contributed by atoms with Gasteiger partial charge >= 0.3 is 5.97 Å². The molecule has 3 N–H and O–H groups in total. The summed E-state index contributed by atoms with van der Waals surface area (Å²) in [5.41, 5.74) is 0.184. The molecular formula is C20H22N2O6. The Balaban J connectivity index is 2.09. The van der Waals surface area contributed by atoms with Crippen molar-refractivity contribution < 1.29 is 28.6 Å². The second-order valence-electron chi connectivity index (χ2n) is 5.83. The van der Waals surface area contributed by atoms with Gasteiger partial charge in [-0.05, 0) is 42.8 Å². The van der Waals surface area contributed by atoms with Crippen LogP contribution in [0.1, 0.15) is 35.9 Å². The summed E-state index contributed by atoms with van der Waals surface area (Å²) in [6.07, 6.45) is 4.69. The number of amides is 2. The lowest BCUT2D eigenvalue weighted by Crippen LogP contribution is -2.37. The highest BCUT2D eigenvalue weighted by Crippen LogP contribution is 2.14. The number of ether oxygens (including phenoxy) is 1. The van der Waals surface area contributed by atoms with E-state index in [4.69, 9.17) is 14.3 Å². The van der Waals surface area contributed by atoms with E-state index in [0.717, 1.165) is 12.8 Å². The highest BCUT2D eigenvalue weighted by Gasteiger charge is 2.16. The van der Waals surface area contributed by atoms with E-state index < -0.39 is 24.3 Å². The molecule has 8 heteroatoms. The van der Waals surface area contributed by atoms with E-state index in [2.05, 4.69) is 17.6 Å². The van der Waals surface area contributed by atoms with Gasteiger partial charge in [0, 0.05) is 11.6 Å². The van der Waals surface area contributed by atoms with Crippen LogP contribution < -0.4 is 15.4 Å². The molecule has 0 atom stereocenters. The predicted molar refractivity (Wildman–Crippen MR) is 102 cm³/mol. The van der Waals surface area contributed by atoms with Crippen molar-refractivity contribution in [2.24, 2.45) is 0 Å². The maximum absolute atomic E-state index is 12.5. The van der Waals surface area contributed by atoms with Crippen LogP contribution in [0.2, 0.25) is 0 Å². The first-order valence-electron chi connectivity index (χ1n) is 8.79. The fourth-order valence-electron chi connectivity index (χ4n) is 2.16. The minimum Gasteiger partial charge on any atom is -0.494 e. The summed E-state index contributed by atoms with van der Waals surface area (Å²) in [4.78, 5) is 35.4. The molecule has 2 amide bonds. The summed E-state index contributed by atoms with van der Waals surface area (Å²) in [6, 6.07) is 9.72. The third kappa shape index (κ3) is 6.64. The molecule has 0 bridgehead atoms. The number of hydrogen-bond donors (Lipinski definition) is 3. The van der Waals surface area contributed by atoms with Crippen LogP contribution in [0.25, 0.3) is 6.08 Å². The first-order valence-corrected chi connectivity index (χ1v) is 8.79. The monoisotopic (exact) mass is 386 g/mol. The molecular weight excluding hydrogens is 364 g/mol. The summed E-state index contributed by atoms with van der Waals surface area (Å²) >= 11 is 0.